The van der Waals surface area contributed by atoms with Crippen LogP contribution in [0.15, 0.2) is 48.5 Å². The number of nitrogens with zero attached hydrogens (tertiary/aromatic N) is 1. The molecule has 4 nitrogen and oxygen atoms in total. The zero-order valence-electron chi connectivity index (χ0n) is 17.6. The lowest BCUT2D eigenvalue weighted by Crippen LogP contribution is -2.48. The van der Waals surface area contributed by atoms with E-state index in [0.717, 1.165) is 36.8 Å². The van der Waals surface area contributed by atoms with Gasteiger partial charge < -0.3 is 0 Å². The number of benzene rings is 2. The second kappa shape index (κ2) is 8.68. The van der Waals surface area contributed by atoms with Crippen LogP contribution in [0.25, 0.3) is 0 Å². The molecule has 0 fully saturated rings. The fraction of sp³-hybridized carbons (Fsp3) is 0.458. The van der Waals surface area contributed by atoms with Crippen LogP contribution in [0.5, 0.6) is 0 Å². The molecule has 0 saturated heterocycles. The van der Waals surface area contributed by atoms with Gasteiger partial charge in [0, 0.05) is 28.5 Å². The van der Waals surface area contributed by atoms with Crippen molar-refractivity contribution in [1.29, 1.82) is 0 Å². The maximum atomic E-state index is 11.7. The van der Waals surface area contributed by atoms with E-state index in [0.29, 0.717) is 0 Å². The maximum Gasteiger partial charge on any atom is 0.269 e. The van der Waals surface area contributed by atoms with Gasteiger partial charge in [-0.1, -0.05) is 64.1 Å². The number of hydrogen-bond acceptors (Lipinski definition) is 3. The zero-order valence-corrected chi connectivity index (χ0v) is 17.6. The number of carbonyl (C=O) groups is 1. The van der Waals surface area contributed by atoms with Gasteiger partial charge in [0.1, 0.15) is 0 Å². The minimum atomic E-state index is -0.350. The van der Waals surface area contributed by atoms with Crippen LogP contribution in [0.3, 0.4) is 0 Å². The second-order valence-electron chi connectivity index (χ2n) is 7.52. The monoisotopic (exact) mass is 381 g/mol. The fourth-order valence-electron chi connectivity index (χ4n) is 5.15. The molecule has 0 N–H and O–H groups in total. The van der Waals surface area contributed by atoms with Crippen LogP contribution in [0.4, 0.5) is 5.69 Å². The Morgan fingerprint density at radius 3 is 1.43 bits per heavy atom. The van der Waals surface area contributed by atoms with Gasteiger partial charge in [0.2, 0.25) is 0 Å². The van der Waals surface area contributed by atoms with E-state index in [4.69, 9.17) is 0 Å². The van der Waals surface area contributed by atoms with Crippen LogP contribution in [0.2, 0.25) is 0 Å². The van der Waals surface area contributed by atoms with Gasteiger partial charge in [0.15, 0.2) is 5.78 Å². The summed E-state index contributed by atoms with van der Waals surface area (Å²) >= 11 is 0. The molecule has 28 heavy (non-hydrogen) atoms. The molecule has 0 aliphatic carbocycles. The lowest BCUT2D eigenvalue weighted by molar-refractivity contribution is -0.384. The molecule has 2 aromatic rings. The van der Waals surface area contributed by atoms with Crippen molar-refractivity contribution in [3.63, 3.8) is 0 Å². The van der Waals surface area contributed by atoms with Gasteiger partial charge in [-0.25, -0.2) is 0 Å². The fourth-order valence-corrected chi connectivity index (χ4v) is 5.15. The van der Waals surface area contributed by atoms with E-state index in [1.165, 1.54) is 5.56 Å². The van der Waals surface area contributed by atoms with Crippen LogP contribution in [-0.4, -0.2) is 10.7 Å². The summed E-state index contributed by atoms with van der Waals surface area (Å²) < 4.78 is 0. The standard InChI is InChI=1S/C24H31NO3/c1-6-23(7-2,20-12-10-19(11-13-20)18(5)26)24(8-3,9-4)21-14-16-22(17-15-21)25(27)28/h10-17H,6-9H2,1-5H3. The Bertz CT molecular complexity index is 742. The molecular formula is C24H31NO3. The Kier molecular flexibility index (Phi) is 6.76. The lowest BCUT2D eigenvalue weighted by atomic mass is 9.52. The van der Waals surface area contributed by atoms with E-state index in [1.807, 2.05) is 24.3 Å². The summed E-state index contributed by atoms with van der Waals surface area (Å²) in [5, 5.41) is 11.1. The van der Waals surface area contributed by atoms with Gasteiger partial charge >= 0.3 is 0 Å². The number of ketones is 1. The van der Waals surface area contributed by atoms with E-state index in [1.54, 1.807) is 19.1 Å². The molecule has 0 amide bonds. The first-order valence-electron chi connectivity index (χ1n) is 10.2. The Morgan fingerprint density at radius 1 is 0.786 bits per heavy atom. The molecule has 2 rings (SSSR count). The molecule has 150 valence electrons. The molecule has 0 aliphatic rings. The number of Topliss-reactive ketones (excluding diaryl/α,β-unsaturated/α-hetero) is 1. The summed E-state index contributed by atoms with van der Waals surface area (Å²) in [4.78, 5) is 22.5. The van der Waals surface area contributed by atoms with Gasteiger partial charge in [-0.3, -0.25) is 14.9 Å². The molecule has 2 aromatic carbocycles. The molecule has 0 heterocycles. The molecule has 0 saturated carbocycles. The first-order valence-corrected chi connectivity index (χ1v) is 10.2. The van der Waals surface area contributed by atoms with Crippen molar-refractivity contribution in [2.45, 2.75) is 71.1 Å². The zero-order chi connectivity index (χ0) is 20.9. The number of nitro benzene ring substituents is 1. The predicted octanol–water partition coefficient (Wildman–Crippen LogP) is 6.61. The van der Waals surface area contributed by atoms with E-state index in [9.17, 15) is 14.9 Å². The van der Waals surface area contributed by atoms with Crippen molar-refractivity contribution in [2.24, 2.45) is 0 Å². The molecular weight excluding hydrogens is 350 g/mol. The number of rotatable bonds is 9. The van der Waals surface area contributed by atoms with Crippen molar-refractivity contribution in [2.75, 3.05) is 0 Å². The molecule has 0 unspecified atom stereocenters. The topological polar surface area (TPSA) is 60.2 Å². The summed E-state index contributed by atoms with van der Waals surface area (Å²) in [7, 11) is 0. The van der Waals surface area contributed by atoms with Crippen molar-refractivity contribution in [3.8, 4) is 0 Å². The summed E-state index contributed by atoms with van der Waals surface area (Å²) in [5.74, 6) is 0.0674. The largest absolute Gasteiger partial charge is 0.295 e. The smallest absolute Gasteiger partial charge is 0.269 e. The minimum absolute atomic E-state index is 0.0674. The first kappa shape index (κ1) is 21.8. The van der Waals surface area contributed by atoms with Crippen LogP contribution in [0.1, 0.15) is 81.8 Å². The van der Waals surface area contributed by atoms with Gasteiger partial charge in [-0.05, 0) is 43.7 Å². The average Bonchev–Trinajstić information content (AvgIpc) is 2.72. The number of non-ortho nitro benzene ring substituents is 1. The highest BCUT2D eigenvalue weighted by Gasteiger charge is 2.48. The van der Waals surface area contributed by atoms with E-state index in [-0.39, 0.29) is 27.2 Å². The quantitative estimate of drug-likeness (QED) is 0.279. The van der Waals surface area contributed by atoms with Gasteiger partial charge in [0.05, 0.1) is 4.92 Å². The van der Waals surface area contributed by atoms with Crippen LogP contribution in [0, 0.1) is 10.1 Å². The summed E-state index contributed by atoms with van der Waals surface area (Å²) in [6, 6.07) is 15.1. The lowest BCUT2D eigenvalue weighted by Gasteiger charge is -2.51. The third kappa shape index (κ3) is 3.48. The van der Waals surface area contributed by atoms with Crippen molar-refractivity contribution >= 4 is 11.5 Å². The van der Waals surface area contributed by atoms with Gasteiger partial charge in [-0.15, -0.1) is 0 Å². The van der Waals surface area contributed by atoms with E-state index in [2.05, 4.69) is 39.8 Å². The third-order valence-corrected chi connectivity index (χ3v) is 6.80. The van der Waals surface area contributed by atoms with Crippen LogP contribution < -0.4 is 0 Å². The highest BCUT2D eigenvalue weighted by Crippen LogP contribution is 2.53. The highest BCUT2D eigenvalue weighted by atomic mass is 16.6. The first-order chi connectivity index (χ1) is 13.3. The molecule has 0 aliphatic heterocycles. The SMILES string of the molecule is CCC(CC)(c1ccc(C(C)=O)cc1)C(CC)(CC)c1ccc([N+](=O)[O-])cc1. The average molecular weight is 382 g/mol. The van der Waals surface area contributed by atoms with Gasteiger partial charge in [0.25, 0.3) is 5.69 Å². The normalized spacial score (nSPS) is 12.0. The third-order valence-electron chi connectivity index (χ3n) is 6.80. The van der Waals surface area contributed by atoms with E-state index >= 15 is 0 Å². The molecule has 0 atom stereocenters. The molecule has 0 aromatic heterocycles. The number of carbonyl (C=O) groups excluding carboxylic acids is 1. The Labute approximate surface area is 168 Å². The second-order valence-corrected chi connectivity index (χ2v) is 7.52. The predicted molar refractivity (Wildman–Crippen MR) is 114 cm³/mol. The van der Waals surface area contributed by atoms with Crippen molar-refractivity contribution in [3.05, 3.63) is 75.3 Å². The van der Waals surface area contributed by atoms with Crippen molar-refractivity contribution in [1.82, 2.24) is 0 Å². The number of nitro groups is 1. The van der Waals surface area contributed by atoms with Crippen molar-refractivity contribution < 1.29 is 9.72 Å². The Morgan fingerprint density at radius 2 is 1.14 bits per heavy atom. The molecule has 0 spiro atoms. The van der Waals surface area contributed by atoms with E-state index < -0.39 is 0 Å². The summed E-state index contributed by atoms with van der Waals surface area (Å²) in [5.41, 5.74) is 2.94. The summed E-state index contributed by atoms with van der Waals surface area (Å²) in [6.07, 6.45) is 3.75. The molecule has 0 bridgehead atoms. The molecule has 0 radical (unpaired) electrons. The van der Waals surface area contributed by atoms with Crippen LogP contribution >= 0.6 is 0 Å². The Hall–Kier alpha value is -2.49. The Balaban J connectivity index is 2.68. The van der Waals surface area contributed by atoms with Crippen LogP contribution in [-0.2, 0) is 10.8 Å². The molecule has 4 heteroatoms. The van der Waals surface area contributed by atoms with Gasteiger partial charge in [-0.2, -0.15) is 0 Å². The summed E-state index contributed by atoms with van der Waals surface area (Å²) in [6.45, 7) is 10.4. The minimum Gasteiger partial charge on any atom is -0.295 e. The number of hydrogen-bond donors (Lipinski definition) is 0. The highest BCUT2D eigenvalue weighted by molar-refractivity contribution is 5.94. The maximum absolute atomic E-state index is 11.7.